The normalized spacial score (nSPS) is 13.2. The fourth-order valence-corrected chi connectivity index (χ4v) is 2.79. The number of aromatic nitrogens is 1. The second-order valence-corrected chi connectivity index (χ2v) is 5.73. The maximum Gasteiger partial charge on any atom is 0.0897 e. The van der Waals surface area contributed by atoms with Gasteiger partial charge in [0.25, 0.3) is 0 Å². The Bertz CT molecular complexity index is 250. The summed E-state index contributed by atoms with van der Waals surface area (Å²) >= 11 is 3.63. The molecule has 4 heteroatoms. The van der Waals surface area contributed by atoms with E-state index in [4.69, 9.17) is 5.11 Å². The van der Waals surface area contributed by atoms with Gasteiger partial charge in [-0.2, -0.15) is 11.8 Å². The van der Waals surface area contributed by atoms with Gasteiger partial charge in [-0.1, -0.05) is 6.92 Å². The fraction of sp³-hybridized carbons (Fsp3) is 0.667. The van der Waals surface area contributed by atoms with E-state index in [1.807, 2.05) is 24.9 Å². The van der Waals surface area contributed by atoms with Crippen molar-refractivity contribution < 1.29 is 5.11 Å². The number of aliphatic hydroxyl groups excluding tert-OH is 1. The monoisotopic (exact) mass is 217 g/mol. The average Bonchev–Trinajstić information content (AvgIpc) is 2.49. The number of hydrogen-bond acceptors (Lipinski definition) is 4. The Balaban J connectivity index is 2.26. The lowest BCUT2D eigenvalue weighted by molar-refractivity contribution is 0.289. The van der Waals surface area contributed by atoms with Gasteiger partial charge < -0.3 is 5.11 Å². The first-order valence-electron chi connectivity index (χ1n) is 4.36. The van der Waals surface area contributed by atoms with Crippen LogP contribution in [-0.4, -0.2) is 21.9 Å². The first-order chi connectivity index (χ1) is 6.22. The van der Waals surface area contributed by atoms with Crippen LogP contribution in [0.2, 0.25) is 0 Å². The molecule has 0 aliphatic heterocycles. The van der Waals surface area contributed by atoms with Crippen molar-refractivity contribution in [2.24, 2.45) is 0 Å². The zero-order valence-electron chi connectivity index (χ0n) is 7.99. The van der Waals surface area contributed by atoms with Crippen molar-refractivity contribution in [2.75, 3.05) is 6.61 Å². The topological polar surface area (TPSA) is 33.1 Å². The van der Waals surface area contributed by atoms with Gasteiger partial charge in [-0.3, -0.25) is 0 Å². The molecule has 1 heterocycles. The summed E-state index contributed by atoms with van der Waals surface area (Å²) in [5, 5.41) is 10.4. The molecule has 0 amide bonds. The molecule has 1 unspecified atom stereocenters. The molecule has 1 aromatic heterocycles. The minimum Gasteiger partial charge on any atom is -0.396 e. The van der Waals surface area contributed by atoms with Crippen LogP contribution in [0.5, 0.6) is 0 Å². The number of hydrogen-bond donors (Lipinski definition) is 1. The molecule has 0 bridgehead atoms. The fourth-order valence-electron chi connectivity index (χ4n) is 0.962. The zero-order valence-corrected chi connectivity index (χ0v) is 9.62. The lowest BCUT2D eigenvalue weighted by Crippen LogP contribution is -1.99. The van der Waals surface area contributed by atoms with Crippen LogP contribution in [0.1, 0.15) is 23.2 Å². The molecule has 1 rings (SSSR count). The molecule has 1 aromatic rings. The highest BCUT2D eigenvalue weighted by Gasteiger charge is 2.03. The van der Waals surface area contributed by atoms with E-state index in [1.54, 1.807) is 11.3 Å². The van der Waals surface area contributed by atoms with Gasteiger partial charge in [0, 0.05) is 28.7 Å². The van der Waals surface area contributed by atoms with Crippen molar-refractivity contribution in [3.05, 3.63) is 16.1 Å². The minimum atomic E-state index is 0.288. The van der Waals surface area contributed by atoms with Crippen molar-refractivity contribution >= 4 is 23.1 Å². The summed E-state index contributed by atoms with van der Waals surface area (Å²) < 4.78 is 0. The maximum atomic E-state index is 8.71. The van der Waals surface area contributed by atoms with Gasteiger partial charge in [0.15, 0.2) is 0 Å². The first-order valence-corrected chi connectivity index (χ1v) is 6.22. The molecule has 1 atom stereocenters. The number of rotatable bonds is 5. The van der Waals surface area contributed by atoms with E-state index in [1.165, 1.54) is 4.88 Å². The third-order valence-corrected chi connectivity index (χ3v) is 4.09. The number of aryl methyl sites for hydroxylation is 1. The van der Waals surface area contributed by atoms with Crippen molar-refractivity contribution in [3.63, 3.8) is 0 Å². The second kappa shape index (κ2) is 5.62. The first kappa shape index (κ1) is 11.0. The molecule has 0 saturated carbocycles. The Morgan fingerprint density at radius 2 is 2.46 bits per heavy atom. The summed E-state index contributed by atoms with van der Waals surface area (Å²) in [6.45, 7) is 4.46. The molecular formula is C9H15NOS2. The SMILES string of the molecule is Cc1ncc(CSC(C)CCO)s1. The Labute approximate surface area is 87.4 Å². The molecule has 0 aliphatic carbocycles. The van der Waals surface area contributed by atoms with Crippen LogP contribution in [0.3, 0.4) is 0 Å². The summed E-state index contributed by atoms with van der Waals surface area (Å²) in [5.74, 6) is 1.02. The smallest absolute Gasteiger partial charge is 0.0897 e. The number of nitrogens with zero attached hydrogens (tertiary/aromatic N) is 1. The average molecular weight is 217 g/mol. The van der Waals surface area contributed by atoms with Crippen molar-refractivity contribution in [2.45, 2.75) is 31.3 Å². The van der Waals surface area contributed by atoms with Crippen LogP contribution in [0.15, 0.2) is 6.20 Å². The van der Waals surface area contributed by atoms with Gasteiger partial charge in [0.2, 0.25) is 0 Å². The van der Waals surface area contributed by atoms with E-state index in [9.17, 15) is 0 Å². The van der Waals surface area contributed by atoms with E-state index in [-0.39, 0.29) is 6.61 Å². The van der Waals surface area contributed by atoms with Crippen LogP contribution >= 0.6 is 23.1 Å². The number of thiazole rings is 1. The van der Waals surface area contributed by atoms with Crippen LogP contribution in [0.25, 0.3) is 0 Å². The van der Waals surface area contributed by atoms with Gasteiger partial charge in [-0.05, 0) is 13.3 Å². The summed E-state index contributed by atoms with van der Waals surface area (Å²) in [7, 11) is 0. The van der Waals surface area contributed by atoms with Gasteiger partial charge in [0.05, 0.1) is 5.01 Å². The van der Waals surface area contributed by atoms with Crippen molar-refractivity contribution in [1.82, 2.24) is 4.98 Å². The molecule has 0 fully saturated rings. The Hall–Kier alpha value is -0.0600. The van der Waals surface area contributed by atoms with Gasteiger partial charge >= 0.3 is 0 Å². The van der Waals surface area contributed by atoms with Gasteiger partial charge in [-0.25, -0.2) is 4.98 Å². The zero-order chi connectivity index (χ0) is 9.68. The lowest BCUT2D eigenvalue weighted by atomic mass is 10.3. The summed E-state index contributed by atoms with van der Waals surface area (Å²) in [6.07, 6.45) is 2.82. The largest absolute Gasteiger partial charge is 0.396 e. The summed E-state index contributed by atoms with van der Waals surface area (Å²) in [5.41, 5.74) is 0. The van der Waals surface area contributed by atoms with E-state index < -0.39 is 0 Å². The summed E-state index contributed by atoms with van der Waals surface area (Å²) in [4.78, 5) is 5.52. The minimum absolute atomic E-state index is 0.288. The standard InChI is InChI=1S/C9H15NOS2/c1-7(3-4-11)12-6-9-5-10-8(2)13-9/h5,7,11H,3-4,6H2,1-2H3. The third-order valence-electron chi connectivity index (χ3n) is 1.71. The Morgan fingerprint density at radius 3 is 3.00 bits per heavy atom. The molecule has 13 heavy (non-hydrogen) atoms. The predicted octanol–water partition coefficient (Wildman–Crippen LogP) is 2.46. The van der Waals surface area contributed by atoms with E-state index in [2.05, 4.69) is 11.9 Å². The molecule has 2 nitrogen and oxygen atoms in total. The maximum absolute atomic E-state index is 8.71. The van der Waals surface area contributed by atoms with Gasteiger partial charge in [-0.15, -0.1) is 11.3 Å². The molecular weight excluding hydrogens is 202 g/mol. The Kier molecular flexibility index (Phi) is 4.77. The highest BCUT2D eigenvalue weighted by Crippen LogP contribution is 2.23. The highest BCUT2D eigenvalue weighted by molar-refractivity contribution is 7.99. The lowest BCUT2D eigenvalue weighted by Gasteiger charge is -2.07. The van der Waals surface area contributed by atoms with Gasteiger partial charge in [0.1, 0.15) is 0 Å². The molecule has 74 valence electrons. The summed E-state index contributed by atoms with van der Waals surface area (Å²) in [6, 6.07) is 0. The molecule has 0 spiro atoms. The van der Waals surface area contributed by atoms with Crippen molar-refractivity contribution in [3.8, 4) is 0 Å². The molecule has 0 saturated heterocycles. The number of thioether (sulfide) groups is 1. The van der Waals surface area contributed by atoms with Crippen molar-refractivity contribution in [1.29, 1.82) is 0 Å². The Morgan fingerprint density at radius 1 is 1.69 bits per heavy atom. The molecule has 1 N–H and O–H groups in total. The van der Waals surface area contributed by atoms with Crippen LogP contribution in [0.4, 0.5) is 0 Å². The highest BCUT2D eigenvalue weighted by atomic mass is 32.2. The third kappa shape index (κ3) is 4.11. The molecule has 0 aliphatic rings. The van der Waals surface area contributed by atoms with E-state index >= 15 is 0 Å². The van der Waals surface area contributed by atoms with E-state index in [0.29, 0.717) is 5.25 Å². The second-order valence-electron chi connectivity index (χ2n) is 2.98. The predicted molar refractivity (Wildman–Crippen MR) is 59.3 cm³/mol. The quantitative estimate of drug-likeness (QED) is 0.822. The molecule has 0 aromatic carbocycles. The number of aliphatic hydroxyl groups is 1. The van der Waals surface area contributed by atoms with Crippen LogP contribution in [-0.2, 0) is 5.75 Å². The van der Waals surface area contributed by atoms with E-state index in [0.717, 1.165) is 17.2 Å². The van der Waals surface area contributed by atoms with Crippen LogP contribution < -0.4 is 0 Å². The van der Waals surface area contributed by atoms with Crippen LogP contribution in [0, 0.1) is 6.92 Å². The molecule has 0 radical (unpaired) electrons.